The number of hydrogen-bond donors (Lipinski definition) is 3. The number of carbonyl (C=O) groups excluding carboxylic acids is 2. The molecule has 0 saturated carbocycles. The highest BCUT2D eigenvalue weighted by Gasteiger charge is 2.13. The molecule has 2 aromatic rings. The molecule has 27 heavy (non-hydrogen) atoms. The first-order chi connectivity index (χ1) is 12.7. The second kappa shape index (κ2) is 8.44. The van der Waals surface area contributed by atoms with Crippen molar-refractivity contribution in [1.29, 1.82) is 5.26 Å². The third-order valence-electron chi connectivity index (χ3n) is 3.73. The minimum atomic E-state index is -3.76. The van der Waals surface area contributed by atoms with Crippen LogP contribution >= 0.6 is 0 Å². The lowest BCUT2D eigenvalue weighted by atomic mass is 10.1. The second-order valence-corrected chi connectivity index (χ2v) is 7.33. The molecular weight excluding hydrogens is 368 g/mol. The van der Waals surface area contributed by atoms with Crippen molar-refractivity contribution in [3.63, 3.8) is 0 Å². The van der Waals surface area contributed by atoms with Gasteiger partial charge in [0, 0.05) is 11.3 Å². The highest BCUT2D eigenvalue weighted by molar-refractivity contribution is 7.89. The molecule has 0 heterocycles. The Balaban J connectivity index is 2.02. The third kappa shape index (κ3) is 5.64. The average Bonchev–Trinajstić information content (AvgIpc) is 2.61. The SMILES string of the molecule is CC(NC(=O)c1ccc(NC(=O)CC#N)cc1)c1ccc(S(N)(=O)=O)cc1. The molecule has 0 aromatic heterocycles. The fourth-order valence-corrected chi connectivity index (χ4v) is 2.81. The summed E-state index contributed by atoms with van der Waals surface area (Å²) in [6, 6.07) is 13.5. The maximum Gasteiger partial charge on any atom is 0.251 e. The number of nitrogens with one attached hydrogen (secondary N) is 2. The van der Waals surface area contributed by atoms with Gasteiger partial charge in [-0.25, -0.2) is 13.6 Å². The van der Waals surface area contributed by atoms with Gasteiger partial charge in [0.1, 0.15) is 6.42 Å². The number of carbonyl (C=O) groups is 2. The van der Waals surface area contributed by atoms with Crippen molar-refractivity contribution in [3.05, 3.63) is 59.7 Å². The van der Waals surface area contributed by atoms with E-state index in [4.69, 9.17) is 10.4 Å². The number of sulfonamides is 1. The standard InChI is InChI=1S/C18H18N4O4S/c1-12(13-4-8-16(9-5-13)27(20,25)26)21-18(24)14-2-6-15(7-3-14)22-17(23)10-11-19/h2-9,12H,10H2,1H3,(H,21,24)(H,22,23)(H2,20,25,26). The lowest BCUT2D eigenvalue weighted by Gasteiger charge is -2.15. The Morgan fingerprint density at radius 3 is 2.22 bits per heavy atom. The predicted octanol–water partition coefficient (Wildman–Crippen LogP) is 1.68. The predicted molar refractivity (Wildman–Crippen MR) is 99.0 cm³/mol. The van der Waals surface area contributed by atoms with Crippen LogP contribution in [0.5, 0.6) is 0 Å². The number of nitriles is 1. The van der Waals surface area contributed by atoms with E-state index in [1.165, 1.54) is 12.1 Å². The van der Waals surface area contributed by atoms with Gasteiger partial charge in [-0.3, -0.25) is 9.59 Å². The Bertz CT molecular complexity index is 978. The molecule has 0 bridgehead atoms. The molecule has 0 aliphatic carbocycles. The minimum Gasteiger partial charge on any atom is -0.346 e. The topological polar surface area (TPSA) is 142 Å². The summed E-state index contributed by atoms with van der Waals surface area (Å²) in [5, 5.41) is 18.9. The molecule has 0 saturated heterocycles. The number of nitrogens with zero attached hydrogens (tertiary/aromatic N) is 1. The van der Waals surface area contributed by atoms with Crippen LogP contribution in [0.1, 0.15) is 35.3 Å². The highest BCUT2D eigenvalue weighted by Crippen LogP contribution is 2.17. The van der Waals surface area contributed by atoms with Gasteiger partial charge in [0.15, 0.2) is 0 Å². The summed E-state index contributed by atoms with van der Waals surface area (Å²) in [5.74, 6) is -0.751. The molecule has 4 N–H and O–H groups in total. The third-order valence-corrected chi connectivity index (χ3v) is 4.66. The Morgan fingerprint density at radius 1 is 1.11 bits per heavy atom. The van der Waals surface area contributed by atoms with Crippen molar-refractivity contribution in [2.24, 2.45) is 5.14 Å². The summed E-state index contributed by atoms with van der Waals surface area (Å²) < 4.78 is 22.5. The van der Waals surface area contributed by atoms with E-state index in [9.17, 15) is 18.0 Å². The summed E-state index contributed by atoms with van der Waals surface area (Å²) in [6.07, 6.45) is -0.246. The van der Waals surface area contributed by atoms with Gasteiger partial charge in [0.25, 0.3) is 5.91 Å². The molecule has 0 radical (unpaired) electrons. The lowest BCUT2D eigenvalue weighted by Crippen LogP contribution is -2.26. The summed E-state index contributed by atoms with van der Waals surface area (Å²) >= 11 is 0. The van der Waals surface area contributed by atoms with Gasteiger partial charge in [-0.2, -0.15) is 5.26 Å². The van der Waals surface area contributed by atoms with Gasteiger partial charge in [0.05, 0.1) is 17.0 Å². The smallest absolute Gasteiger partial charge is 0.251 e. The van der Waals surface area contributed by atoms with E-state index in [2.05, 4.69) is 10.6 Å². The molecule has 0 fully saturated rings. The van der Waals surface area contributed by atoms with Gasteiger partial charge in [-0.15, -0.1) is 0 Å². The van der Waals surface area contributed by atoms with Crippen LogP contribution in [0.15, 0.2) is 53.4 Å². The zero-order chi connectivity index (χ0) is 20.0. The number of rotatable bonds is 6. The van der Waals surface area contributed by atoms with Crippen molar-refractivity contribution in [1.82, 2.24) is 5.32 Å². The van der Waals surface area contributed by atoms with Crippen molar-refractivity contribution in [3.8, 4) is 6.07 Å². The Labute approximate surface area is 157 Å². The molecule has 1 atom stereocenters. The fraction of sp³-hybridized carbons (Fsp3) is 0.167. The molecule has 140 valence electrons. The first-order valence-corrected chi connectivity index (χ1v) is 9.46. The summed E-state index contributed by atoms with van der Waals surface area (Å²) in [6.45, 7) is 1.76. The number of anilines is 1. The van der Waals surface area contributed by atoms with E-state index in [0.717, 1.165) is 5.56 Å². The zero-order valence-electron chi connectivity index (χ0n) is 14.5. The van der Waals surface area contributed by atoms with E-state index in [1.807, 2.05) is 0 Å². The second-order valence-electron chi connectivity index (χ2n) is 5.77. The van der Waals surface area contributed by atoms with Crippen LogP contribution in [-0.2, 0) is 14.8 Å². The zero-order valence-corrected chi connectivity index (χ0v) is 15.3. The molecular formula is C18H18N4O4S. The van der Waals surface area contributed by atoms with Crippen LogP contribution in [0.3, 0.4) is 0 Å². The maximum atomic E-state index is 12.3. The fourth-order valence-electron chi connectivity index (χ4n) is 2.29. The number of hydrogen-bond acceptors (Lipinski definition) is 5. The molecule has 2 amide bonds. The lowest BCUT2D eigenvalue weighted by molar-refractivity contribution is -0.115. The summed E-state index contributed by atoms with van der Waals surface area (Å²) in [7, 11) is -3.76. The average molecular weight is 386 g/mol. The number of benzene rings is 2. The molecule has 0 aliphatic heterocycles. The van der Waals surface area contributed by atoms with Crippen molar-refractivity contribution < 1.29 is 18.0 Å². The molecule has 0 aliphatic rings. The Morgan fingerprint density at radius 2 is 1.70 bits per heavy atom. The summed E-state index contributed by atoms with van der Waals surface area (Å²) in [4.78, 5) is 23.7. The minimum absolute atomic E-state index is 0.00110. The first-order valence-electron chi connectivity index (χ1n) is 7.91. The van der Waals surface area contributed by atoms with Gasteiger partial charge >= 0.3 is 0 Å². The van der Waals surface area contributed by atoms with Gasteiger partial charge in [0.2, 0.25) is 15.9 Å². The monoisotopic (exact) mass is 386 g/mol. The molecule has 1 unspecified atom stereocenters. The number of primary sulfonamides is 1. The van der Waals surface area contributed by atoms with Crippen LogP contribution in [0.25, 0.3) is 0 Å². The van der Waals surface area contributed by atoms with E-state index in [0.29, 0.717) is 11.3 Å². The molecule has 2 rings (SSSR count). The van der Waals surface area contributed by atoms with E-state index >= 15 is 0 Å². The molecule has 8 nitrogen and oxygen atoms in total. The quantitative estimate of drug-likeness (QED) is 0.692. The van der Waals surface area contributed by atoms with Crippen LogP contribution in [0, 0.1) is 11.3 Å². The van der Waals surface area contributed by atoms with E-state index < -0.39 is 15.9 Å². The maximum absolute atomic E-state index is 12.3. The van der Waals surface area contributed by atoms with Crippen LogP contribution in [0.4, 0.5) is 5.69 Å². The Kier molecular flexibility index (Phi) is 6.28. The van der Waals surface area contributed by atoms with Crippen molar-refractivity contribution in [2.75, 3.05) is 5.32 Å². The van der Waals surface area contributed by atoms with Crippen LogP contribution < -0.4 is 15.8 Å². The van der Waals surface area contributed by atoms with Crippen molar-refractivity contribution in [2.45, 2.75) is 24.3 Å². The van der Waals surface area contributed by atoms with Crippen LogP contribution in [0.2, 0.25) is 0 Å². The van der Waals surface area contributed by atoms with E-state index in [1.54, 1.807) is 49.4 Å². The highest BCUT2D eigenvalue weighted by atomic mass is 32.2. The molecule has 9 heteroatoms. The normalized spacial score (nSPS) is 11.9. The van der Waals surface area contributed by atoms with Crippen molar-refractivity contribution >= 4 is 27.5 Å². The molecule has 2 aromatic carbocycles. The largest absolute Gasteiger partial charge is 0.346 e. The summed E-state index contributed by atoms with van der Waals surface area (Å²) in [5.41, 5.74) is 1.59. The van der Waals surface area contributed by atoms with Crippen LogP contribution in [-0.4, -0.2) is 20.2 Å². The first kappa shape index (κ1) is 20.1. The van der Waals surface area contributed by atoms with Gasteiger partial charge < -0.3 is 10.6 Å². The Hall–Kier alpha value is -3.22. The van der Waals surface area contributed by atoms with Gasteiger partial charge in [-0.05, 0) is 48.9 Å². The number of amides is 2. The van der Waals surface area contributed by atoms with E-state index in [-0.39, 0.29) is 23.3 Å². The number of nitrogens with two attached hydrogens (primary N) is 1. The molecule has 0 spiro atoms. The van der Waals surface area contributed by atoms with Gasteiger partial charge in [-0.1, -0.05) is 12.1 Å².